The van der Waals surface area contributed by atoms with Gasteiger partial charge in [0.2, 0.25) is 0 Å². The fraction of sp³-hybridized carbons (Fsp3) is 0. The number of hydrogen-bond donors (Lipinski definition) is 4. The first kappa shape index (κ1) is 22.0. The Morgan fingerprint density at radius 1 is 0.406 bits per heavy atom. The van der Waals surface area contributed by atoms with Gasteiger partial charge in [-0.1, -0.05) is 72.8 Å². The second-order valence-corrected chi connectivity index (χ2v) is 6.61. The summed E-state index contributed by atoms with van der Waals surface area (Å²) in [6.07, 6.45) is 0. The summed E-state index contributed by atoms with van der Waals surface area (Å²) in [6, 6.07) is 22.0. The van der Waals surface area contributed by atoms with Crippen LogP contribution in [-0.4, -0.2) is 44.3 Å². The van der Waals surface area contributed by atoms with Crippen molar-refractivity contribution < 1.29 is 39.6 Å². The second kappa shape index (κ2) is 8.97. The van der Waals surface area contributed by atoms with Gasteiger partial charge < -0.3 is 20.4 Å². The van der Waals surface area contributed by atoms with Crippen molar-refractivity contribution >= 4 is 45.4 Å². The number of carboxylic acids is 4. The van der Waals surface area contributed by atoms with Gasteiger partial charge >= 0.3 is 23.9 Å². The van der Waals surface area contributed by atoms with E-state index in [1.807, 2.05) is 0 Å². The molecule has 0 saturated carbocycles. The molecule has 0 saturated heterocycles. The summed E-state index contributed by atoms with van der Waals surface area (Å²) < 4.78 is 0. The Kier molecular flexibility index (Phi) is 6.16. The number of hydrogen-bond acceptors (Lipinski definition) is 4. The normalized spacial score (nSPS) is 10.2. The molecule has 0 heterocycles. The summed E-state index contributed by atoms with van der Waals surface area (Å²) in [5, 5.41) is 39.2. The van der Waals surface area contributed by atoms with Crippen molar-refractivity contribution in [2.24, 2.45) is 0 Å². The van der Waals surface area contributed by atoms with E-state index < -0.39 is 46.1 Å². The number of carboxylic acid groups (broad SMARTS) is 4. The predicted molar refractivity (Wildman–Crippen MR) is 116 cm³/mol. The lowest BCUT2D eigenvalue weighted by Gasteiger charge is -2.14. The molecule has 160 valence electrons. The minimum absolute atomic E-state index is 0.158. The van der Waals surface area contributed by atoms with Crippen LogP contribution in [0.25, 0.3) is 21.5 Å². The first-order chi connectivity index (χ1) is 15.2. The fourth-order valence-electron chi connectivity index (χ4n) is 3.44. The summed E-state index contributed by atoms with van der Waals surface area (Å²) in [5.74, 6) is -6.98. The largest absolute Gasteiger partial charge is 0.478 e. The van der Waals surface area contributed by atoms with Crippen LogP contribution in [-0.2, 0) is 0 Å². The molecule has 0 aliphatic heterocycles. The molecule has 4 aromatic rings. The summed E-state index contributed by atoms with van der Waals surface area (Å²) in [6.45, 7) is 0. The van der Waals surface area contributed by atoms with Gasteiger partial charge in [-0.3, -0.25) is 0 Å². The van der Waals surface area contributed by atoms with Crippen molar-refractivity contribution in [1.82, 2.24) is 0 Å². The van der Waals surface area contributed by atoms with E-state index in [2.05, 4.69) is 48.5 Å². The molecule has 8 heteroatoms. The summed E-state index contributed by atoms with van der Waals surface area (Å²) >= 11 is 0. The van der Waals surface area contributed by atoms with Crippen LogP contribution in [0.15, 0.2) is 72.8 Å². The van der Waals surface area contributed by atoms with Crippen molar-refractivity contribution in [2.75, 3.05) is 0 Å². The van der Waals surface area contributed by atoms with Gasteiger partial charge in [0.25, 0.3) is 0 Å². The van der Waals surface area contributed by atoms with Gasteiger partial charge in [-0.25, -0.2) is 19.2 Å². The number of benzene rings is 4. The molecule has 8 nitrogen and oxygen atoms in total. The van der Waals surface area contributed by atoms with Gasteiger partial charge in [-0.05, 0) is 21.5 Å². The molecule has 4 rings (SSSR count). The van der Waals surface area contributed by atoms with Crippen LogP contribution < -0.4 is 0 Å². The SMILES string of the molecule is O=C(O)c1c(C(=O)O)c(C(=O)O)c2ccccc2c1C(=O)O.c1ccc2ccccc2c1. The number of carbonyl (C=O) groups is 4. The molecule has 0 aliphatic rings. The van der Waals surface area contributed by atoms with Crippen molar-refractivity contribution in [3.63, 3.8) is 0 Å². The van der Waals surface area contributed by atoms with Crippen LogP contribution in [0.3, 0.4) is 0 Å². The number of rotatable bonds is 4. The third-order valence-electron chi connectivity index (χ3n) is 4.73. The number of aromatic carboxylic acids is 4. The van der Waals surface area contributed by atoms with Gasteiger partial charge in [-0.2, -0.15) is 0 Å². The minimum Gasteiger partial charge on any atom is -0.478 e. The Balaban J connectivity index is 0.000000238. The molecule has 0 spiro atoms. The van der Waals surface area contributed by atoms with Gasteiger partial charge in [0.1, 0.15) is 0 Å². The maximum atomic E-state index is 11.4. The predicted octanol–water partition coefficient (Wildman–Crippen LogP) is 4.47. The Morgan fingerprint density at radius 3 is 0.906 bits per heavy atom. The van der Waals surface area contributed by atoms with E-state index in [0.717, 1.165) is 0 Å². The summed E-state index contributed by atoms with van der Waals surface area (Å²) in [5.41, 5.74) is -3.64. The highest BCUT2D eigenvalue weighted by molar-refractivity contribution is 6.23. The Labute approximate surface area is 180 Å². The first-order valence-corrected chi connectivity index (χ1v) is 9.19. The Morgan fingerprint density at radius 2 is 0.656 bits per heavy atom. The van der Waals surface area contributed by atoms with Crippen LogP contribution in [0.4, 0.5) is 0 Å². The third-order valence-corrected chi connectivity index (χ3v) is 4.73. The van der Waals surface area contributed by atoms with Gasteiger partial charge in [-0.15, -0.1) is 0 Å². The second-order valence-electron chi connectivity index (χ2n) is 6.61. The lowest BCUT2D eigenvalue weighted by atomic mass is 9.88. The molecule has 0 fully saturated rings. The quantitative estimate of drug-likeness (QED) is 0.369. The van der Waals surface area contributed by atoms with Crippen LogP contribution in [0, 0.1) is 0 Å². The van der Waals surface area contributed by atoms with E-state index in [-0.39, 0.29) is 10.8 Å². The van der Waals surface area contributed by atoms with E-state index in [4.69, 9.17) is 0 Å². The average Bonchev–Trinajstić information content (AvgIpc) is 2.77. The minimum atomic E-state index is -1.83. The van der Waals surface area contributed by atoms with Crippen LogP contribution in [0.1, 0.15) is 41.4 Å². The lowest BCUT2D eigenvalue weighted by Crippen LogP contribution is -2.20. The fourth-order valence-corrected chi connectivity index (χ4v) is 3.44. The molecular weight excluding hydrogens is 416 g/mol. The van der Waals surface area contributed by atoms with E-state index in [9.17, 15) is 39.6 Å². The topological polar surface area (TPSA) is 149 Å². The molecular formula is C24H16O8. The molecule has 0 radical (unpaired) electrons. The maximum absolute atomic E-state index is 11.4. The molecule has 0 aliphatic carbocycles. The highest BCUT2D eigenvalue weighted by atomic mass is 16.4. The Hall–Kier alpha value is -4.72. The zero-order valence-electron chi connectivity index (χ0n) is 16.4. The van der Waals surface area contributed by atoms with Gasteiger partial charge in [0, 0.05) is 0 Å². The van der Waals surface area contributed by atoms with E-state index in [1.54, 1.807) is 0 Å². The van der Waals surface area contributed by atoms with Crippen LogP contribution in [0.5, 0.6) is 0 Å². The molecule has 0 bridgehead atoms. The standard InChI is InChI=1S/C14H8O8.C10H8/c15-11(16)7-5-3-1-2-4-6(5)8(12(17)18)10(14(21)22)9(7)13(19)20;1-2-6-10-8-4-3-7-9(10)5-1/h1-4H,(H,15,16)(H,17,18)(H,19,20)(H,21,22);1-8H. The van der Waals surface area contributed by atoms with Crippen LogP contribution in [0.2, 0.25) is 0 Å². The molecule has 0 unspecified atom stereocenters. The smallest absolute Gasteiger partial charge is 0.337 e. The molecule has 4 N–H and O–H groups in total. The monoisotopic (exact) mass is 432 g/mol. The first-order valence-electron chi connectivity index (χ1n) is 9.19. The van der Waals surface area contributed by atoms with E-state index in [0.29, 0.717) is 0 Å². The molecule has 0 amide bonds. The van der Waals surface area contributed by atoms with Crippen LogP contribution >= 0.6 is 0 Å². The molecule has 32 heavy (non-hydrogen) atoms. The zero-order chi connectivity index (χ0) is 23.4. The lowest BCUT2D eigenvalue weighted by molar-refractivity contribution is 0.0621. The molecule has 4 aromatic carbocycles. The van der Waals surface area contributed by atoms with E-state index >= 15 is 0 Å². The van der Waals surface area contributed by atoms with Crippen molar-refractivity contribution in [2.45, 2.75) is 0 Å². The summed E-state index contributed by atoms with van der Waals surface area (Å²) in [4.78, 5) is 45.5. The third kappa shape index (κ3) is 4.10. The molecule has 0 aromatic heterocycles. The summed E-state index contributed by atoms with van der Waals surface area (Å²) in [7, 11) is 0. The van der Waals surface area contributed by atoms with Gasteiger partial charge in [0.15, 0.2) is 0 Å². The zero-order valence-corrected chi connectivity index (χ0v) is 16.4. The maximum Gasteiger partial charge on any atom is 0.337 e. The number of fused-ring (bicyclic) bond motifs is 2. The molecule has 0 atom stereocenters. The highest BCUT2D eigenvalue weighted by Gasteiger charge is 2.32. The van der Waals surface area contributed by atoms with Crippen molar-refractivity contribution in [3.8, 4) is 0 Å². The Bertz CT molecular complexity index is 1250. The average molecular weight is 432 g/mol. The van der Waals surface area contributed by atoms with E-state index in [1.165, 1.54) is 35.0 Å². The highest BCUT2D eigenvalue weighted by Crippen LogP contribution is 2.31. The van der Waals surface area contributed by atoms with Crippen molar-refractivity contribution in [1.29, 1.82) is 0 Å². The van der Waals surface area contributed by atoms with Gasteiger partial charge in [0.05, 0.1) is 22.3 Å². The van der Waals surface area contributed by atoms with Crippen molar-refractivity contribution in [3.05, 3.63) is 95.1 Å².